The molecule has 1 aromatic rings. The molecule has 1 N–H and O–H groups in total. The molecular formula is C11H10N2O5. The first-order chi connectivity index (χ1) is 8.61. The van der Waals surface area contributed by atoms with Crippen LogP contribution in [0.3, 0.4) is 0 Å². The number of nitrogens with zero attached hydrogens (tertiary/aromatic N) is 1. The number of non-ortho nitro benzene ring substituents is 1. The number of carbonyl (C=O) groups is 1. The van der Waals surface area contributed by atoms with Crippen molar-refractivity contribution in [3.63, 3.8) is 0 Å². The standard InChI is InChI=1S/C11H10N2O5/c1-2-17-11(14)10-6-12-8-5-7(13(15)16)3-4-9(8)18-10/h3-6,12H,2H2,1H3. The molecule has 1 heterocycles. The summed E-state index contributed by atoms with van der Waals surface area (Å²) < 4.78 is 10.1. The van der Waals surface area contributed by atoms with Crippen molar-refractivity contribution in [1.29, 1.82) is 0 Å². The molecule has 0 spiro atoms. The fourth-order valence-corrected chi connectivity index (χ4v) is 1.43. The van der Waals surface area contributed by atoms with Gasteiger partial charge in [-0.1, -0.05) is 0 Å². The number of hydrogen-bond donors (Lipinski definition) is 1. The third kappa shape index (κ3) is 2.24. The first kappa shape index (κ1) is 11.9. The van der Waals surface area contributed by atoms with Gasteiger partial charge in [-0.05, 0) is 13.0 Å². The van der Waals surface area contributed by atoms with Crippen LogP contribution < -0.4 is 10.1 Å². The molecule has 1 aromatic carbocycles. The highest BCUT2D eigenvalue weighted by Crippen LogP contribution is 2.33. The molecular weight excluding hydrogens is 240 g/mol. The number of nitro groups is 1. The van der Waals surface area contributed by atoms with Gasteiger partial charge >= 0.3 is 5.97 Å². The minimum atomic E-state index is -0.589. The van der Waals surface area contributed by atoms with Crippen LogP contribution in [0.4, 0.5) is 11.4 Å². The quantitative estimate of drug-likeness (QED) is 0.499. The van der Waals surface area contributed by atoms with Gasteiger partial charge in [0.25, 0.3) is 5.69 Å². The summed E-state index contributed by atoms with van der Waals surface area (Å²) in [7, 11) is 0. The van der Waals surface area contributed by atoms with Gasteiger partial charge in [0.1, 0.15) is 0 Å². The van der Waals surface area contributed by atoms with Gasteiger partial charge in [-0.2, -0.15) is 0 Å². The second kappa shape index (κ2) is 4.74. The summed E-state index contributed by atoms with van der Waals surface area (Å²) in [4.78, 5) is 21.5. The highest BCUT2D eigenvalue weighted by molar-refractivity contribution is 5.88. The normalized spacial score (nSPS) is 12.6. The van der Waals surface area contributed by atoms with Crippen molar-refractivity contribution >= 4 is 17.3 Å². The van der Waals surface area contributed by atoms with Crippen LogP contribution >= 0.6 is 0 Å². The van der Waals surface area contributed by atoms with Crippen LogP contribution in [0, 0.1) is 10.1 Å². The monoisotopic (exact) mass is 250 g/mol. The lowest BCUT2D eigenvalue weighted by molar-refractivity contribution is -0.384. The third-order valence-corrected chi connectivity index (χ3v) is 2.23. The van der Waals surface area contributed by atoms with Gasteiger partial charge in [0.05, 0.1) is 23.4 Å². The van der Waals surface area contributed by atoms with Crippen molar-refractivity contribution in [2.75, 3.05) is 11.9 Å². The molecule has 0 aromatic heterocycles. The predicted molar refractivity (Wildman–Crippen MR) is 62.1 cm³/mol. The maximum atomic E-state index is 11.4. The van der Waals surface area contributed by atoms with Crippen molar-refractivity contribution in [2.45, 2.75) is 6.92 Å². The number of nitro benzene ring substituents is 1. The molecule has 0 radical (unpaired) electrons. The van der Waals surface area contributed by atoms with Gasteiger partial charge in [0.2, 0.25) is 5.76 Å². The smallest absolute Gasteiger partial charge is 0.375 e. The Morgan fingerprint density at radius 2 is 2.33 bits per heavy atom. The van der Waals surface area contributed by atoms with Crippen LogP contribution in [0.1, 0.15) is 6.92 Å². The number of carbonyl (C=O) groups excluding carboxylic acids is 1. The van der Waals surface area contributed by atoms with Crippen LogP contribution in [-0.2, 0) is 9.53 Å². The number of rotatable bonds is 3. The summed E-state index contributed by atoms with van der Waals surface area (Å²) >= 11 is 0. The predicted octanol–water partition coefficient (Wildman–Crippen LogP) is 1.80. The van der Waals surface area contributed by atoms with Crippen molar-refractivity contribution in [3.05, 3.63) is 40.3 Å². The topological polar surface area (TPSA) is 90.7 Å². The largest absolute Gasteiger partial charge is 0.460 e. The fourth-order valence-electron chi connectivity index (χ4n) is 1.43. The Kier molecular flexibility index (Phi) is 3.13. The van der Waals surface area contributed by atoms with Crippen LogP contribution in [0.5, 0.6) is 5.75 Å². The van der Waals surface area contributed by atoms with E-state index in [2.05, 4.69) is 5.32 Å². The van der Waals surface area contributed by atoms with E-state index in [4.69, 9.17) is 9.47 Å². The number of hydrogen-bond acceptors (Lipinski definition) is 6. The van der Waals surface area contributed by atoms with Crippen molar-refractivity contribution in [1.82, 2.24) is 0 Å². The molecule has 0 fully saturated rings. The van der Waals surface area contributed by atoms with E-state index in [1.807, 2.05) is 0 Å². The molecule has 0 saturated heterocycles. The first-order valence-electron chi connectivity index (χ1n) is 5.22. The number of benzene rings is 1. The lowest BCUT2D eigenvalue weighted by Crippen LogP contribution is -2.17. The maximum absolute atomic E-state index is 11.4. The van der Waals surface area contributed by atoms with Crippen LogP contribution in [-0.4, -0.2) is 17.5 Å². The molecule has 0 bridgehead atoms. The van der Waals surface area contributed by atoms with Gasteiger partial charge in [-0.15, -0.1) is 0 Å². The number of nitrogens with one attached hydrogen (secondary N) is 1. The number of esters is 1. The lowest BCUT2D eigenvalue weighted by Gasteiger charge is -2.17. The highest BCUT2D eigenvalue weighted by Gasteiger charge is 2.21. The van der Waals surface area contributed by atoms with E-state index in [1.54, 1.807) is 6.92 Å². The van der Waals surface area contributed by atoms with Crippen molar-refractivity contribution < 1.29 is 19.2 Å². The Morgan fingerprint density at radius 1 is 1.56 bits per heavy atom. The van der Waals surface area contributed by atoms with E-state index >= 15 is 0 Å². The summed E-state index contributed by atoms with van der Waals surface area (Å²) in [5.74, 6) is -0.238. The van der Waals surface area contributed by atoms with Crippen molar-refractivity contribution in [3.8, 4) is 5.75 Å². The molecule has 7 heteroatoms. The van der Waals surface area contributed by atoms with Crippen LogP contribution in [0.25, 0.3) is 0 Å². The van der Waals surface area contributed by atoms with Gasteiger partial charge in [0, 0.05) is 12.1 Å². The Morgan fingerprint density at radius 3 is 3.00 bits per heavy atom. The SMILES string of the molecule is CCOC(=O)C1=CNc2cc([N+](=O)[O-])ccc2O1. The summed E-state index contributed by atoms with van der Waals surface area (Å²) in [5, 5.41) is 13.3. The van der Waals surface area contributed by atoms with Gasteiger partial charge in [0.15, 0.2) is 5.75 Å². The van der Waals surface area contributed by atoms with E-state index in [0.717, 1.165) is 0 Å². The molecule has 0 aliphatic carbocycles. The molecule has 18 heavy (non-hydrogen) atoms. The molecule has 2 rings (SSSR count). The van der Waals surface area contributed by atoms with E-state index in [1.165, 1.54) is 24.4 Å². The zero-order valence-corrected chi connectivity index (χ0v) is 9.50. The summed E-state index contributed by atoms with van der Waals surface area (Å²) in [6.07, 6.45) is 1.31. The molecule has 7 nitrogen and oxygen atoms in total. The van der Waals surface area contributed by atoms with E-state index in [9.17, 15) is 14.9 Å². The molecule has 0 saturated carbocycles. The fraction of sp³-hybridized carbons (Fsp3) is 0.182. The van der Waals surface area contributed by atoms with E-state index in [0.29, 0.717) is 11.4 Å². The third-order valence-electron chi connectivity index (χ3n) is 2.23. The second-order valence-electron chi connectivity index (χ2n) is 3.41. The van der Waals surface area contributed by atoms with Gasteiger partial charge in [-0.3, -0.25) is 10.1 Å². The molecule has 0 unspecified atom stereocenters. The molecule has 1 aliphatic heterocycles. The van der Waals surface area contributed by atoms with Gasteiger partial charge in [-0.25, -0.2) is 4.79 Å². The Hall–Kier alpha value is -2.57. The van der Waals surface area contributed by atoms with Crippen LogP contribution in [0.2, 0.25) is 0 Å². The summed E-state index contributed by atoms with van der Waals surface area (Å²) in [5.41, 5.74) is 0.370. The zero-order chi connectivity index (χ0) is 13.1. The van der Waals surface area contributed by atoms with Gasteiger partial charge < -0.3 is 14.8 Å². The first-order valence-corrected chi connectivity index (χ1v) is 5.22. The molecule has 1 aliphatic rings. The number of ether oxygens (including phenoxy) is 2. The Balaban J connectivity index is 2.21. The Bertz CT molecular complexity index is 538. The zero-order valence-electron chi connectivity index (χ0n) is 9.50. The molecule has 94 valence electrons. The summed E-state index contributed by atoms with van der Waals surface area (Å²) in [6.45, 7) is 1.93. The highest BCUT2D eigenvalue weighted by atomic mass is 16.6. The second-order valence-corrected chi connectivity index (χ2v) is 3.41. The molecule has 0 amide bonds. The van der Waals surface area contributed by atoms with E-state index < -0.39 is 10.9 Å². The minimum absolute atomic E-state index is 0.0122. The van der Waals surface area contributed by atoms with Crippen molar-refractivity contribution in [2.24, 2.45) is 0 Å². The lowest BCUT2D eigenvalue weighted by atomic mass is 10.2. The Labute approximate surface area is 102 Å². The number of anilines is 1. The van der Waals surface area contributed by atoms with E-state index in [-0.39, 0.29) is 18.1 Å². The van der Waals surface area contributed by atoms with Crippen LogP contribution in [0.15, 0.2) is 30.2 Å². The summed E-state index contributed by atoms with van der Waals surface area (Å²) in [6, 6.07) is 4.05. The molecule has 0 atom stereocenters. The minimum Gasteiger partial charge on any atom is -0.460 e. The average Bonchev–Trinajstić information content (AvgIpc) is 2.37. The number of fused-ring (bicyclic) bond motifs is 1. The maximum Gasteiger partial charge on any atom is 0.375 e. The average molecular weight is 250 g/mol.